The fraction of sp³-hybridized carbons (Fsp3) is 0.765. The van der Waals surface area contributed by atoms with E-state index < -0.39 is 0 Å². The molecule has 0 saturated carbocycles. The molecule has 2 aromatic heterocycles. The summed E-state index contributed by atoms with van der Waals surface area (Å²) in [5, 5.41) is 3.52. The van der Waals surface area contributed by atoms with Crippen LogP contribution in [0.3, 0.4) is 0 Å². The summed E-state index contributed by atoms with van der Waals surface area (Å²) in [6.07, 6.45) is 28.1. The zero-order valence-electron chi connectivity index (χ0n) is 27.4. The average Bonchev–Trinajstić information content (AvgIpc) is 3.37. The number of carbonyl (C=O) groups is 1. The van der Waals surface area contributed by atoms with Crippen molar-refractivity contribution in [2.75, 3.05) is 18.8 Å². The van der Waals surface area contributed by atoms with Gasteiger partial charge in [0.15, 0.2) is 23.0 Å². The molecule has 2 aromatic rings. The Morgan fingerprint density at radius 2 is 1.40 bits per heavy atom. The van der Waals surface area contributed by atoms with E-state index in [1.54, 1.807) is 0 Å². The number of aromatic amines is 1. The van der Waals surface area contributed by atoms with Gasteiger partial charge in [-0.2, -0.15) is 0 Å². The summed E-state index contributed by atoms with van der Waals surface area (Å²) >= 11 is 1.43. The van der Waals surface area contributed by atoms with E-state index in [1.165, 1.54) is 131 Å². The summed E-state index contributed by atoms with van der Waals surface area (Å²) in [5.41, 5.74) is 0.238. The summed E-state index contributed by atoms with van der Waals surface area (Å²) in [4.78, 5) is 37.8. The highest BCUT2D eigenvalue weighted by atomic mass is 32.2. The van der Waals surface area contributed by atoms with Crippen LogP contribution >= 0.6 is 11.8 Å². The molecule has 0 aliphatic carbocycles. The third-order valence-corrected chi connectivity index (χ3v) is 8.56. The van der Waals surface area contributed by atoms with E-state index in [-0.39, 0.29) is 17.2 Å². The van der Waals surface area contributed by atoms with E-state index in [9.17, 15) is 9.59 Å². The van der Waals surface area contributed by atoms with Crippen molar-refractivity contribution >= 4 is 29.7 Å². The predicted molar refractivity (Wildman–Crippen MR) is 182 cm³/mol. The first-order chi connectivity index (χ1) is 21.1. The van der Waals surface area contributed by atoms with Crippen molar-refractivity contribution in [1.82, 2.24) is 19.7 Å². The van der Waals surface area contributed by atoms with Crippen molar-refractivity contribution in [3.05, 3.63) is 22.2 Å². The molecule has 8 nitrogen and oxygen atoms in total. The minimum atomic E-state index is -0.346. The van der Waals surface area contributed by atoms with Crippen LogP contribution < -0.4 is 15.7 Å². The van der Waals surface area contributed by atoms with Crippen LogP contribution in [-0.2, 0) is 0 Å². The number of amides is 1. The number of nitrogens with zero attached hydrogens (tertiary/aromatic N) is 3. The maximum atomic E-state index is 13.3. The van der Waals surface area contributed by atoms with Gasteiger partial charge in [-0.25, -0.2) is 14.2 Å². The minimum absolute atomic E-state index is 0.276. The monoisotopic (exact) mass is 617 g/mol. The molecule has 0 spiro atoms. The Hall–Kier alpha value is -2.29. The van der Waals surface area contributed by atoms with Gasteiger partial charge in [0.2, 0.25) is 0 Å². The highest BCUT2D eigenvalue weighted by molar-refractivity contribution is 7.99. The molecule has 0 radical (unpaired) electrons. The Kier molecular flexibility index (Phi) is 20.7. The normalized spacial score (nSPS) is 11.6. The summed E-state index contributed by atoms with van der Waals surface area (Å²) in [6, 6.07) is 0. The Bertz CT molecular complexity index is 1100. The first-order valence-electron chi connectivity index (χ1n) is 17.3. The zero-order chi connectivity index (χ0) is 31.0. The number of thioether (sulfide) groups is 1. The molecule has 0 aromatic carbocycles. The van der Waals surface area contributed by atoms with Gasteiger partial charge in [-0.15, -0.1) is 0 Å². The number of nitrogens with one attached hydrogen (secondary N) is 2. The number of unbranched alkanes of at least 4 members (excludes halogenated alkanes) is 18. The molecule has 0 aliphatic rings. The Morgan fingerprint density at radius 3 is 1.95 bits per heavy atom. The molecular formula is C34H59N5O3S. The van der Waals surface area contributed by atoms with Crippen LogP contribution in [0.4, 0.5) is 0 Å². The topological polar surface area (TPSA) is 101 Å². The molecule has 244 valence electrons. The standard InChI is InChI=1S/C34H59N5O3S/c1-4-7-9-11-13-15-17-19-21-23-25-35-28-42-29-27-39-31(37-33(43-6-3)38-34(39)41)30(29)32(40)36-26-24-22-20-18-16-14-12-10-8-5-2/h27-28H,4-26H2,1-3H3,(H,36,40)(H,37,38,41). The van der Waals surface area contributed by atoms with Crippen LogP contribution in [0.25, 0.3) is 5.65 Å². The molecule has 2 N–H and O–H groups in total. The lowest BCUT2D eigenvalue weighted by atomic mass is 10.1. The number of aliphatic imine (C=N–C) groups is 1. The molecule has 0 fully saturated rings. The largest absolute Gasteiger partial charge is 0.444 e. The predicted octanol–water partition coefficient (Wildman–Crippen LogP) is 9.11. The Morgan fingerprint density at radius 1 is 0.860 bits per heavy atom. The van der Waals surface area contributed by atoms with Crippen LogP contribution in [-0.4, -0.2) is 45.5 Å². The van der Waals surface area contributed by atoms with Crippen LogP contribution in [0.15, 0.2) is 21.1 Å². The second kappa shape index (κ2) is 24.1. The summed E-state index contributed by atoms with van der Waals surface area (Å²) < 4.78 is 7.17. The second-order valence-corrected chi connectivity index (χ2v) is 12.8. The SMILES string of the molecule is CCCCCCCCCCCCN=COc1cn2c(=O)[nH]c(SCC)nc2c1C(=O)NCCCCCCCCCCCC. The lowest BCUT2D eigenvalue weighted by molar-refractivity contribution is 0.0953. The zero-order valence-corrected chi connectivity index (χ0v) is 28.2. The number of aromatic nitrogens is 3. The van der Waals surface area contributed by atoms with Gasteiger partial charge in [-0.1, -0.05) is 148 Å². The first-order valence-corrected chi connectivity index (χ1v) is 18.3. The van der Waals surface area contributed by atoms with Crippen LogP contribution in [0.2, 0.25) is 0 Å². The van der Waals surface area contributed by atoms with Crippen LogP contribution in [0.1, 0.15) is 160 Å². The van der Waals surface area contributed by atoms with Gasteiger partial charge in [0.1, 0.15) is 5.56 Å². The molecular weight excluding hydrogens is 558 g/mol. The number of hydrogen-bond donors (Lipinski definition) is 2. The van der Waals surface area contributed by atoms with Gasteiger partial charge in [-0.05, 0) is 18.6 Å². The summed E-state index contributed by atoms with van der Waals surface area (Å²) in [7, 11) is 0. The van der Waals surface area contributed by atoms with Gasteiger partial charge in [0.05, 0.1) is 6.20 Å². The van der Waals surface area contributed by atoms with Crippen molar-refractivity contribution < 1.29 is 9.53 Å². The fourth-order valence-corrected chi connectivity index (χ4v) is 5.85. The molecule has 1 amide bonds. The van der Waals surface area contributed by atoms with Gasteiger partial charge >= 0.3 is 5.69 Å². The number of fused-ring (bicyclic) bond motifs is 1. The molecule has 0 aliphatic heterocycles. The first kappa shape index (κ1) is 36.9. The van der Waals surface area contributed by atoms with E-state index in [0.29, 0.717) is 29.6 Å². The molecule has 0 saturated heterocycles. The minimum Gasteiger partial charge on any atom is -0.444 e. The van der Waals surface area contributed by atoms with Gasteiger partial charge < -0.3 is 10.1 Å². The van der Waals surface area contributed by atoms with Crippen molar-refractivity contribution in [3.63, 3.8) is 0 Å². The average molecular weight is 618 g/mol. The molecule has 2 rings (SSSR count). The quantitative estimate of drug-likeness (QED) is 0.0451. The fourth-order valence-electron chi connectivity index (χ4n) is 5.26. The number of hydrogen-bond acceptors (Lipinski definition) is 6. The highest BCUT2D eigenvalue weighted by Gasteiger charge is 2.22. The molecule has 43 heavy (non-hydrogen) atoms. The molecule has 9 heteroatoms. The van der Waals surface area contributed by atoms with Crippen molar-refractivity contribution in [3.8, 4) is 5.75 Å². The van der Waals surface area contributed by atoms with Crippen molar-refractivity contribution in [1.29, 1.82) is 0 Å². The summed E-state index contributed by atoms with van der Waals surface area (Å²) in [6.45, 7) is 7.76. The summed E-state index contributed by atoms with van der Waals surface area (Å²) in [5.74, 6) is 0.779. The van der Waals surface area contributed by atoms with Gasteiger partial charge in [0, 0.05) is 13.1 Å². The van der Waals surface area contributed by atoms with E-state index in [0.717, 1.165) is 31.4 Å². The Labute approximate surface area is 264 Å². The van der Waals surface area contributed by atoms with Crippen LogP contribution in [0.5, 0.6) is 5.75 Å². The highest BCUT2D eigenvalue weighted by Crippen LogP contribution is 2.25. The smallest absolute Gasteiger partial charge is 0.333 e. The number of carbonyl (C=O) groups excluding carboxylic acids is 1. The third-order valence-electron chi connectivity index (χ3n) is 7.80. The maximum Gasteiger partial charge on any atom is 0.333 e. The number of H-pyrrole nitrogens is 1. The molecule has 2 heterocycles. The van der Waals surface area contributed by atoms with Crippen LogP contribution in [0, 0.1) is 0 Å². The van der Waals surface area contributed by atoms with E-state index in [1.807, 2.05) is 6.92 Å². The van der Waals surface area contributed by atoms with E-state index in [2.05, 4.69) is 34.1 Å². The molecule has 0 bridgehead atoms. The maximum absolute atomic E-state index is 13.3. The van der Waals surface area contributed by atoms with E-state index >= 15 is 0 Å². The second-order valence-electron chi connectivity index (χ2n) is 11.6. The van der Waals surface area contributed by atoms with E-state index in [4.69, 9.17) is 4.74 Å². The lowest BCUT2D eigenvalue weighted by Gasteiger charge is -2.07. The van der Waals surface area contributed by atoms with Gasteiger partial charge in [0.25, 0.3) is 5.91 Å². The number of ether oxygens (including phenoxy) is 1. The molecule has 0 unspecified atom stereocenters. The van der Waals surface area contributed by atoms with Gasteiger partial charge in [-0.3, -0.25) is 14.8 Å². The Balaban J connectivity index is 1.83. The van der Waals surface area contributed by atoms with Crippen molar-refractivity contribution in [2.45, 2.75) is 154 Å². The number of rotatable bonds is 27. The third kappa shape index (κ3) is 15.3. The van der Waals surface area contributed by atoms with Crippen molar-refractivity contribution in [2.24, 2.45) is 4.99 Å². The molecule has 0 atom stereocenters. The lowest BCUT2D eigenvalue weighted by Crippen LogP contribution is -2.26.